The van der Waals surface area contributed by atoms with E-state index in [9.17, 15) is 4.79 Å². The summed E-state index contributed by atoms with van der Waals surface area (Å²) < 4.78 is 1.96. The van der Waals surface area contributed by atoms with Crippen molar-refractivity contribution in [1.82, 2.24) is 14.7 Å². The standard InChI is InChI=1S/C21H31N3O/c1-17-16-24-14-13-18(15-20(24)22-17)21(25)23-19-11-9-7-5-3-2-4-6-8-10-12-19/h13-16,19H,2-12H2,1H3,(H,23,25). The maximum atomic E-state index is 12.7. The van der Waals surface area contributed by atoms with Crippen molar-refractivity contribution in [2.45, 2.75) is 83.6 Å². The first-order chi connectivity index (χ1) is 12.2. The van der Waals surface area contributed by atoms with Gasteiger partial charge in [-0.3, -0.25) is 4.79 Å². The minimum absolute atomic E-state index is 0.0419. The molecule has 1 saturated carbocycles. The van der Waals surface area contributed by atoms with Crippen molar-refractivity contribution in [3.05, 3.63) is 35.8 Å². The van der Waals surface area contributed by atoms with Crippen LogP contribution in [0.4, 0.5) is 0 Å². The van der Waals surface area contributed by atoms with Gasteiger partial charge in [0, 0.05) is 24.0 Å². The molecule has 0 saturated heterocycles. The van der Waals surface area contributed by atoms with Crippen molar-refractivity contribution >= 4 is 11.6 Å². The SMILES string of the molecule is Cc1cn2ccc(C(=O)NC3CCCCCCCCCCC3)cc2n1. The smallest absolute Gasteiger partial charge is 0.251 e. The molecule has 0 radical (unpaired) electrons. The first-order valence-corrected chi connectivity index (χ1v) is 9.98. The Bertz CT molecular complexity index is 680. The molecule has 4 nitrogen and oxygen atoms in total. The average Bonchev–Trinajstić information content (AvgIpc) is 2.96. The molecule has 1 amide bonds. The van der Waals surface area contributed by atoms with Crippen LogP contribution < -0.4 is 5.32 Å². The Morgan fingerprint density at radius 3 is 2.28 bits per heavy atom. The summed E-state index contributed by atoms with van der Waals surface area (Å²) in [6, 6.07) is 4.08. The zero-order chi connectivity index (χ0) is 17.5. The molecule has 0 spiro atoms. The van der Waals surface area contributed by atoms with E-state index in [0.717, 1.165) is 24.2 Å². The van der Waals surface area contributed by atoms with E-state index in [1.165, 1.54) is 57.8 Å². The molecule has 1 fully saturated rings. The largest absolute Gasteiger partial charge is 0.349 e. The Labute approximate surface area is 151 Å². The highest BCUT2D eigenvalue weighted by Gasteiger charge is 2.15. The molecular weight excluding hydrogens is 310 g/mol. The molecule has 4 heteroatoms. The number of pyridine rings is 1. The van der Waals surface area contributed by atoms with Gasteiger partial charge in [-0.05, 0) is 31.9 Å². The molecule has 136 valence electrons. The summed E-state index contributed by atoms with van der Waals surface area (Å²) in [4.78, 5) is 17.1. The number of nitrogens with one attached hydrogen (secondary N) is 1. The quantitative estimate of drug-likeness (QED) is 0.831. The van der Waals surface area contributed by atoms with Gasteiger partial charge in [0.25, 0.3) is 5.91 Å². The molecular formula is C21H31N3O. The van der Waals surface area contributed by atoms with Crippen LogP contribution in [0.3, 0.4) is 0 Å². The first kappa shape index (κ1) is 18.0. The molecule has 1 N–H and O–H groups in total. The molecule has 3 rings (SSSR count). The molecule has 0 aromatic carbocycles. The number of amides is 1. The van der Waals surface area contributed by atoms with Crippen LogP contribution in [-0.4, -0.2) is 21.3 Å². The lowest BCUT2D eigenvalue weighted by atomic mass is 9.97. The molecule has 0 bridgehead atoms. The molecule has 2 aromatic heterocycles. The summed E-state index contributed by atoms with van der Waals surface area (Å²) in [5, 5.41) is 3.28. The van der Waals surface area contributed by atoms with E-state index < -0.39 is 0 Å². The lowest BCUT2D eigenvalue weighted by Crippen LogP contribution is -2.35. The highest BCUT2D eigenvalue weighted by molar-refractivity contribution is 5.95. The van der Waals surface area contributed by atoms with Gasteiger partial charge in [0.1, 0.15) is 5.65 Å². The van der Waals surface area contributed by atoms with Crippen LogP contribution in [0, 0.1) is 6.92 Å². The van der Waals surface area contributed by atoms with Crippen LogP contribution in [0.15, 0.2) is 24.5 Å². The number of hydrogen-bond acceptors (Lipinski definition) is 2. The monoisotopic (exact) mass is 341 g/mol. The molecule has 0 aliphatic heterocycles. The molecule has 1 aliphatic rings. The molecule has 1 aliphatic carbocycles. The van der Waals surface area contributed by atoms with Crippen LogP contribution in [0.2, 0.25) is 0 Å². The van der Waals surface area contributed by atoms with E-state index in [1.54, 1.807) is 0 Å². The molecule has 2 aromatic rings. The second kappa shape index (κ2) is 9.02. The predicted octanol–water partition coefficient (Wildman–Crippen LogP) is 5.05. The highest BCUT2D eigenvalue weighted by atomic mass is 16.1. The number of aromatic nitrogens is 2. The number of fused-ring (bicyclic) bond motifs is 1. The topological polar surface area (TPSA) is 46.4 Å². The Morgan fingerprint density at radius 1 is 1.04 bits per heavy atom. The van der Waals surface area contributed by atoms with Gasteiger partial charge in [0.05, 0.1) is 5.69 Å². The average molecular weight is 341 g/mol. The Kier molecular flexibility index (Phi) is 6.48. The van der Waals surface area contributed by atoms with E-state index in [-0.39, 0.29) is 5.91 Å². The van der Waals surface area contributed by atoms with Gasteiger partial charge in [-0.15, -0.1) is 0 Å². The molecule has 0 atom stereocenters. The summed E-state index contributed by atoms with van der Waals surface area (Å²) in [6.45, 7) is 1.97. The molecule has 2 heterocycles. The van der Waals surface area contributed by atoms with Crippen LogP contribution in [0.1, 0.15) is 86.7 Å². The summed E-state index contributed by atoms with van der Waals surface area (Å²) in [5.74, 6) is 0.0419. The maximum absolute atomic E-state index is 12.7. The van der Waals surface area contributed by atoms with Crippen molar-refractivity contribution in [2.24, 2.45) is 0 Å². The molecule has 0 unspecified atom stereocenters. The van der Waals surface area contributed by atoms with Crippen LogP contribution in [0.5, 0.6) is 0 Å². The van der Waals surface area contributed by atoms with E-state index in [4.69, 9.17) is 0 Å². The van der Waals surface area contributed by atoms with Gasteiger partial charge in [-0.25, -0.2) is 4.98 Å². The van der Waals surface area contributed by atoms with E-state index in [0.29, 0.717) is 11.6 Å². The number of imidazole rings is 1. The minimum atomic E-state index is 0.0419. The number of hydrogen-bond donors (Lipinski definition) is 1. The summed E-state index contributed by atoms with van der Waals surface area (Å²) >= 11 is 0. The van der Waals surface area contributed by atoms with Crippen molar-refractivity contribution < 1.29 is 4.79 Å². The maximum Gasteiger partial charge on any atom is 0.251 e. The van der Waals surface area contributed by atoms with Crippen molar-refractivity contribution in [3.63, 3.8) is 0 Å². The summed E-state index contributed by atoms with van der Waals surface area (Å²) in [6.07, 6.45) is 18.0. The van der Waals surface area contributed by atoms with E-state index >= 15 is 0 Å². The van der Waals surface area contributed by atoms with Crippen molar-refractivity contribution in [1.29, 1.82) is 0 Å². The van der Waals surface area contributed by atoms with Gasteiger partial charge >= 0.3 is 0 Å². The Hall–Kier alpha value is -1.84. The lowest BCUT2D eigenvalue weighted by molar-refractivity contribution is 0.0931. The second-order valence-electron chi connectivity index (χ2n) is 7.49. The van der Waals surface area contributed by atoms with Gasteiger partial charge in [0.2, 0.25) is 0 Å². The number of nitrogens with zero attached hydrogens (tertiary/aromatic N) is 2. The van der Waals surface area contributed by atoms with E-state index in [1.807, 2.05) is 35.9 Å². The normalized spacial score (nSPS) is 18.4. The zero-order valence-corrected chi connectivity index (χ0v) is 15.5. The van der Waals surface area contributed by atoms with Crippen molar-refractivity contribution in [3.8, 4) is 0 Å². The second-order valence-corrected chi connectivity index (χ2v) is 7.49. The van der Waals surface area contributed by atoms with Crippen LogP contribution >= 0.6 is 0 Å². The van der Waals surface area contributed by atoms with Gasteiger partial charge in [-0.1, -0.05) is 57.8 Å². The fourth-order valence-electron chi connectivity index (χ4n) is 3.83. The van der Waals surface area contributed by atoms with Crippen LogP contribution in [-0.2, 0) is 0 Å². The zero-order valence-electron chi connectivity index (χ0n) is 15.5. The van der Waals surface area contributed by atoms with Gasteiger partial charge in [-0.2, -0.15) is 0 Å². The first-order valence-electron chi connectivity index (χ1n) is 9.98. The highest BCUT2D eigenvalue weighted by Crippen LogP contribution is 2.17. The third kappa shape index (κ3) is 5.32. The molecule has 25 heavy (non-hydrogen) atoms. The third-order valence-electron chi connectivity index (χ3n) is 5.28. The minimum Gasteiger partial charge on any atom is -0.349 e. The Balaban J connectivity index is 1.61. The fourth-order valence-corrected chi connectivity index (χ4v) is 3.83. The fraction of sp³-hybridized carbons (Fsp3) is 0.619. The third-order valence-corrected chi connectivity index (χ3v) is 5.28. The van der Waals surface area contributed by atoms with Crippen LogP contribution in [0.25, 0.3) is 5.65 Å². The number of aryl methyl sites for hydroxylation is 1. The van der Waals surface area contributed by atoms with Gasteiger partial charge in [0.15, 0.2) is 0 Å². The number of rotatable bonds is 2. The summed E-state index contributed by atoms with van der Waals surface area (Å²) in [5.41, 5.74) is 2.52. The Morgan fingerprint density at radius 2 is 1.64 bits per heavy atom. The number of carbonyl (C=O) groups excluding carboxylic acids is 1. The number of carbonyl (C=O) groups is 1. The summed E-state index contributed by atoms with van der Waals surface area (Å²) in [7, 11) is 0. The lowest BCUT2D eigenvalue weighted by Gasteiger charge is -2.19. The van der Waals surface area contributed by atoms with Crippen molar-refractivity contribution in [2.75, 3.05) is 0 Å². The predicted molar refractivity (Wildman–Crippen MR) is 102 cm³/mol. The van der Waals surface area contributed by atoms with Gasteiger partial charge < -0.3 is 9.72 Å². The van der Waals surface area contributed by atoms with E-state index in [2.05, 4.69) is 10.3 Å².